The largest absolute Gasteiger partial charge is 0.444 e. The highest BCUT2D eigenvalue weighted by atomic mass is 19.1. The first kappa shape index (κ1) is 21.7. The van der Waals surface area contributed by atoms with Gasteiger partial charge in [-0.15, -0.1) is 0 Å². The molecule has 2 amide bonds. The Morgan fingerprint density at radius 3 is 2.26 bits per heavy atom. The van der Waals surface area contributed by atoms with E-state index >= 15 is 0 Å². The maximum atomic E-state index is 15.0. The van der Waals surface area contributed by atoms with Crippen molar-refractivity contribution in [1.29, 1.82) is 0 Å². The van der Waals surface area contributed by atoms with Gasteiger partial charge in [0.25, 0.3) is 0 Å². The Hall–Kier alpha value is -1.57. The average molecular weight is 388 g/mol. The maximum absolute atomic E-state index is 15.0. The lowest BCUT2D eigenvalue weighted by Crippen LogP contribution is -2.56. The number of ether oxygens (including phenoxy) is 3. The van der Waals surface area contributed by atoms with Gasteiger partial charge in [0.05, 0.1) is 19.2 Å². The van der Waals surface area contributed by atoms with Gasteiger partial charge in [0, 0.05) is 20.0 Å². The Kier molecular flexibility index (Phi) is 5.99. The molecule has 27 heavy (non-hydrogen) atoms. The fourth-order valence-corrected chi connectivity index (χ4v) is 3.33. The minimum Gasteiger partial charge on any atom is -0.444 e. The third-order valence-corrected chi connectivity index (χ3v) is 4.78. The molecule has 0 saturated carbocycles. The molecule has 0 bridgehead atoms. The number of halogens is 1. The summed E-state index contributed by atoms with van der Waals surface area (Å²) in [7, 11) is 1.64. The van der Waals surface area contributed by atoms with Crippen molar-refractivity contribution < 1.29 is 28.2 Å². The van der Waals surface area contributed by atoms with E-state index in [4.69, 9.17) is 14.2 Å². The molecule has 1 spiro atoms. The smallest absolute Gasteiger partial charge is 0.410 e. The van der Waals surface area contributed by atoms with Crippen LogP contribution in [0.3, 0.4) is 0 Å². The number of likely N-dealkylation sites (tertiary alicyclic amines) is 1. The molecule has 7 nitrogen and oxygen atoms in total. The molecule has 2 aliphatic rings. The van der Waals surface area contributed by atoms with Gasteiger partial charge >= 0.3 is 12.2 Å². The van der Waals surface area contributed by atoms with E-state index in [1.54, 1.807) is 48.6 Å². The van der Waals surface area contributed by atoms with Crippen molar-refractivity contribution in [2.75, 3.05) is 26.7 Å². The SMILES string of the molecule is CN(C(=O)OC(C)(C)C)[C@@H]1CO[C@]2(CCN(C(=O)OC(C)(C)C)C[C@@H]2F)C1. The summed E-state index contributed by atoms with van der Waals surface area (Å²) in [6, 6.07) is -0.258. The molecule has 0 aromatic heterocycles. The van der Waals surface area contributed by atoms with Crippen LogP contribution in [0.2, 0.25) is 0 Å². The summed E-state index contributed by atoms with van der Waals surface area (Å²) in [5.74, 6) is 0. The Morgan fingerprint density at radius 1 is 1.15 bits per heavy atom. The van der Waals surface area contributed by atoms with Gasteiger partial charge in [0.15, 0.2) is 0 Å². The van der Waals surface area contributed by atoms with E-state index in [0.717, 1.165) is 0 Å². The summed E-state index contributed by atoms with van der Waals surface area (Å²) in [6.45, 7) is 11.3. The lowest BCUT2D eigenvalue weighted by molar-refractivity contribution is -0.0982. The van der Waals surface area contributed by atoms with Gasteiger partial charge in [0.1, 0.15) is 23.0 Å². The molecule has 2 aliphatic heterocycles. The lowest BCUT2D eigenvalue weighted by Gasteiger charge is -2.41. The van der Waals surface area contributed by atoms with Crippen LogP contribution >= 0.6 is 0 Å². The first-order valence-electron chi connectivity index (χ1n) is 9.44. The summed E-state index contributed by atoms with van der Waals surface area (Å²) in [5.41, 5.74) is -2.19. The number of nitrogens with zero attached hydrogens (tertiary/aromatic N) is 2. The normalized spacial score (nSPS) is 29.0. The highest BCUT2D eigenvalue weighted by Crippen LogP contribution is 2.39. The molecule has 0 N–H and O–H groups in total. The van der Waals surface area contributed by atoms with Gasteiger partial charge in [-0.2, -0.15) is 0 Å². The number of carbonyl (C=O) groups is 2. The summed E-state index contributed by atoms with van der Waals surface area (Å²) >= 11 is 0. The highest BCUT2D eigenvalue weighted by Gasteiger charge is 2.52. The topological polar surface area (TPSA) is 68.3 Å². The summed E-state index contributed by atoms with van der Waals surface area (Å²) in [6.07, 6.45) is -1.55. The zero-order valence-corrected chi connectivity index (χ0v) is 17.5. The van der Waals surface area contributed by atoms with Crippen LogP contribution in [0.5, 0.6) is 0 Å². The average Bonchev–Trinajstić information content (AvgIpc) is 2.91. The van der Waals surface area contributed by atoms with Crippen LogP contribution in [0.25, 0.3) is 0 Å². The fraction of sp³-hybridized carbons (Fsp3) is 0.895. The van der Waals surface area contributed by atoms with Crippen molar-refractivity contribution in [1.82, 2.24) is 9.80 Å². The number of amides is 2. The highest BCUT2D eigenvalue weighted by molar-refractivity contribution is 5.69. The van der Waals surface area contributed by atoms with E-state index in [0.29, 0.717) is 19.4 Å². The van der Waals surface area contributed by atoms with Crippen LogP contribution in [0.1, 0.15) is 54.4 Å². The third-order valence-electron chi connectivity index (χ3n) is 4.78. The number of alkyl halides is 1. The Labute approximate surface area is 161 Å². The monoisotopic (exact) mass is 388 g/mol. The van der Waals surface area contributed by atoms with E-state index in [1.807, 2.05) is 0 Å². The number of rotatable bonds is 1. The van der Waals surface area contributed by atoms with Gasteiger partial charge in [-0.25, -0.2) is 14.0 Å². The maximum Gasteiger partial charge on any atom is 0.410 e. The molecule has 0 aromatic rings. The lowest BCUT2D eigenvalue weighted by atomic mass is 9.85. The summed E-state index contributed by atoms with van der Waals surface area (Å²) < 4.78 is 31.5. The van der Waals surface area contributed by atoms with Gasteiger partial charge in [-0.05, 0) is 48.0 Å². The molecule has 0 radical (unpaired) electrons. The van der Waals surface area contributed by atoms with E-state index < -0.39 is 35.2 Å². The molecule has 2 saturated heterocycles. The van der Waals surface area contributed by atoms with Gasteiger partial charge < -0.3 is 24.0 Å². The van der Waals surface area contributed by atoms with Crippen LogP contribution in [-0.2, 0) is 14.2 Å². The zero-order valence-electron chi connectivity index (χ0n) is 17.5. The second-order valence-electron chi connectivity index (χ2n) is 9.47. The second kappa shape index (κ2) is 7.45. The van der Waals surface area contributed by atoms with Crippen molar-refractivity contribution in [3.63, 3.8) is 0 Å². The van der Waals surface area contributed by atoms with Gasteiger partial charge in [0.2, 0.25) is 0 Å². The molecule has 0 unspecified atom stereocenters. The second-order valence-corrected chi connectivity index (χ2v) is 9.47. The predicted molar refractivity (Wildman–Crippen MR) is 98.4 cm³/mol. The quantitative estimate of drug-likeness (QED) is 0.689. The van der Waals surface area contributed by atoms with Crippen LogP contribution < -0.4 is 0 Å². The van der Waals surface area contributed by atoms with Crippen LogP contribution in [0.15, 0.2) is 0 Å². The van der Waals surface area contributed by atoms with Crippen molar-refractivity contribution >= 4 is 12.2 Å². The van der Waals surface area contributed by atoms with Crippen molar-refractivity contribution in [2.24, 2.45) is 0 Å². The minimum atomic E-state index is -1.34. The van der Waals surface area contributed by atoms with E-state index in [-0.39, 0.29) is 19.2 Å². The molecule has 2 fully saturated rings. The summed E-state index contributed by atoms with van der Waals surface area (Å²) in [4.78, 5) is 27.3. The van der Waals surface area contributed by atoms with Crippen LogP contribution in [0, 0.1) is 0 Å². The molecule has 0 aromatic carbocycles. The predicted octanol–water partition coefficient (Wildman–Crippen LogP) is 3.36. The van der Waals surface area contributed by atoms with E-state index in [2.05, 4.69) is 0 Å². The van der Waals surface area contributed by atoms with E-state index in [1.165, 1.54) is 9.80 Å². The van der Waals surface area contributed by atoms with Crippen LogP contribution in [0.4, 0.5) is 14.0 Å². The number of hydrogen-bond donors (Lipinski definition) is 0. The van der Waals surface area contributed by atoms with Crippen molar-refractivity contribution in [3.8, 4) is 0 Å². The number of carbonyl (C=O) groups excluding carboxylic acids is 2. The third kappa shape index (κ3) is 5.46. The summed E-state index contributed by atoms with van der Waals surface area (Å²) in [5, 5.41) is 0. The number of hydrogen-bond acceptors (Lipinski definition) is 5. The molecule has 2 heterocycles. The number of likely N-dealkylation sites (N-methyl/N-ethyl adjacent to an activating group) is 1. The Balaban J connectivity index is 1.95. The van der Waals surface area contributed by atoms with Crippen molar-refractivity contribution in [3.05, 3.63) is 0 Å². The molecular weight excluding hydrogens is 355 g/mol. The van der Waals surface area contributed by atoms with Gasteiger partial charge in [-0.3, -0.25) is 0 Å². The van der Waals surface area contributed by atoms with E-state index in [9.17, 15) is 14.0 Å². The van der Waals surface area contributed by atoms with Crippen molar-refractivity contribution in [2.45, 2.75) is 83.4 Å². The first-order valence-corrected chi connectivity index (χ1v) is 9.44. The number of piperidine rings is 1. The molecule has 156 valence electrons. The Morgan fingerprint density at radius 2 is 1.74 bits per heavy atom. The van der Waals surface area contributed by atoms with Crippen LogP contribution in [-0.4, -0.2) is 77.7 Å². The first-order chi connectivity index (χ1) is 12.2. The molecular formula is C19H33FN2O5. The molecule has 8 heteroatoms. The molecule has 2 rings (SSSR count). The van der Waals surface area contributed by atoms with Gasteiger partial charge in [-0.1, -0.05) is 0 Å². The fourth-order valence-electron chi connectivity index (χ4n) is 3.33. The molecule has 0 aliphatic carbocycles. The zero-order chi connectivity index (χ0) is 20.6. The molecule has 3 atom stereocenters. The minimum absolute atomic E-state index is 0.0716. The Bertz CT molecular complexity index is 571. The standard InChI is InChI=1S/C19H33FN2O5/c1-17(2,3)26-15(23)21(7)13-10-19(25-12-13)8-9-22(11-14(19)20)16(24)27-18(4,5)6/h13-14H,8-12H2,1-7H3/t13-,14-,19+/m0/s1.